The van der Waals surface area contributed by atoms with Crippen LogP contribution in [0.3, 0.4) is 0 Å². The van der Waals surface area contributed by atoms with Gasteiger partial charge in [-0.3, -0.25) is 9.59 Å². The minimum Gasteiger partial charge on any atom is -0.341 e. The van der Waals surface area contributed by atoms with Crippen molar-refractivity contribution in [3.8, 4) is 0 Å². The molecule has 2 aromatic rings. The summed E-state index contributed by atoms with van der Waals surface area (Å²) in [6, 6.07) is 8.37. The second kappa shape index (κ2) is 8.48. The molecule has 1 aromatic carbocycles. The van der Waals surface area contributed by atoms with Gasteiger partial charge in [-0.05, 0) is 24.1 Å². The number of carbonyl (C=O) groups excluding carboxylic acids is 2. The lowest BCUT2D eigenvalue weighted by Crippen LogP contribution is -2.49. The molecule has 2 heterocycles. The zero-order chi connectivity index (χ0) is 19.2. The molecule has 0 radical (unpaired) electrons. The number of anilines is 1. The summed E-state index contributed by atoms with van der Waals surface area (Å²) in [6.45, 7) is 3.73. The first kappa shape index (κ1) is 18.6. The van der Waals surface area contributed by atoms with E-state index in [1.54, 1.807) is 17.0 Å². The second-order valence-corrected chi connectivity index (χ2v) is 6.57. The first-order valence-corrected chi connectivity index (χ1v) is 9.02. The zero-order valence-corrected chi connectivity index (χ0v) is 15.2. The SMILES string of the molecule is CCCNC(=O)Nc1ccc(CC(=O)N2CC(c3nccc(=O)[nH]3)C2)cc1. The molecule has 8 heteroatoms. The van der Waals surface area contributed by atoms with Gasteiger partial charge in [0.15, 0.2) is 0 Å². The summed E-state index contributed by atoms with van der Waals surface area (Å²) in [6.07, 6.45) is 2.66. The Morgan fingerprint density at radius 2 is 1.96 bits per heavy atom. The van der Waals surface area contributed by atoms with Crippen molar-refractivity contribution in [3.05, 3.63) is 58.3 Å². The Kier molecular flexibility index (Phi) is 5.85. The van der Waals surface area contributed by atoms with Crippen LogP contribution in [0.5, 0.6) is 0 Å². The summed E-state index contributed by atoms with van der Waals surface area (Å²) in [4.78, 5) is 44.0. The fourth-order valence-corrected chi connectivity index (χ4v) is 2.85. The number of amides is 3. The molecule has 0 atom stereocenters. The van der Waals surface area contributed by atoms with E-state index < -0.39 is 0 Å². The molecule has 3 rings (SSSR count). The summed E-state index contributed by atoms with van der Waals surface area (Å²) in [5.74, 6) is 0.741. The number of benzene rings is 1. The number of nitrogens with zero attached hydrogens (tertiary/aromatic N) is 2. The lowest BCUT2D eigenvalue weighted by molar-refractivity contribution is -0.135. The van der Waals surface area contributed by atoms with Gasteiger partial charge in [0.25, 0.3) is 5.56 Å². The minimum absolute atomic E-state index is 0.0333. The number of hydrogen-bond acceptors (Lipinski definition) is 4. The zero-order valence-electron chi connectivity index (χ0n) is 15.2. The minimum atomic E-state index is -0.236. The fraction of sp³-hybridized carbons (Fsp3) is 0.368. The monoisotopic (exact) mass is 369 g/mol. The van der Waals surface area contributed by atoms with E-state index in [1.807, 2.05) is 19.1 Å². The molecule has 0 aliphatic carbocycles. The Labute approximate surface area is 157 Å². The van der Waals surface area contributed by atoms with E-state index in [2.05, 4.69) is 20.6 Å². The predicted octanol–water partition coefficient (Wildman–Crippen LogP) is 1.47. The molecule has 0 unspecified atom stereocenters. The van der Waals surface area contributed by atoms with Crippen molar-refractivity contribution in [2.75, 3.05) is 25.0 Å². The van der Waals surface area contributed by atoms with Crippen LogP contribution in [0.25, 0.3) is 0 Å². The van der Waals surface area contributed by atoms with Crippen LogP contribution in [-0.2, 0) is 11.2 Å². The quantitative estimate of drug-likeness (QED) is 0.717. The van der Waals surface area contributed by atoms with Crippen molar-refractivity contribution >= 4 is 17.6 Å². The van der Waals surface area contributed by atoms with Gasteiger partial charge < -0.3 is 20.5 Å². The van der Waals surface area contributed by atoms with Crippen molar-refractivity contribution in [1.82, 2.24) is 20.2 Å². The van der Waals surface area contributed by atoms with Gasteiger partial charge in [0.1, 0.15) is 5.82 Å². The number of hydrogen-bond donors (Lipinski definition) is 3. The van der Waals surface area contributed by atoms with Gasteiger partial charge in [-0.2, -0.15) is 0 Å². The van der Waals surface area contributed by atoms with Gasteiger partial charge in [-0.25, -0.2) is 9.78 Å². The Morgan fingerprint density at radius 1 is 1.22 bits per heavy atom. The Balaban J connectivity index is 1.47. The van der Waals surface area contributed by atoms with Crippen molar-refractivity contribution < 1.29 is 9.59 Å². The van der Waals surface area contributed by atoms with Crippen LogP contribution < -0.4 is 16.2 Å². The molecule has 1 aromatic heterocycles. The van der Waals surface area contributed by atoms with E-state index in [4.69, 9.17) is 0 Å². The number of nitrogens with one attached hydrogen (secondary N) is 3. The predicted molar refractivity (Wildman–Crippen MR) is 102 cm³/mol. The third-order valence-corrected chi connectivity index (χ3v) is 4.41. The van der Waals surface area contributed by atoms with Crippen LogP contribution in [0.15, 0.2) is 41.3 Å². The smallest absolute Gasteiger partial charge is 0.319 e. The number of aromatic amines is 1. The normalized spacial score (nSPS) is 13.7. The first-order chi connectivity index (χ1) is 13.0. The highest BCUT2D eigenvalue weighted by Gasteiger charge is 2.33. The lowest BCUT2D eigenvalue weighted by atomic mass is 9.98. The maximum Gasteiger partial charge on any atom is 0.319 e. The van der Waals surface area contributed by atoms with Crippen LogP contribution in [0, 0.1) is 0 Å². The second-order valence-electron chi connectivity index (χ2n) is 6.57. The third kappa shape index (κ3) is 4.93. The number of rotatable bonds is 6. The third-order valence-electron chi connectivity index (χ3n) is 4.41. The maximum absolute atomic E-state index is 12.4. The van der Waals surface area contributed by atoms with Crippen LogP contribution in [-0.4, -0.2) is 46.4 Å². The molecule has 0 bridgehead atoms. The molecule has 1 aliphatic heterocycles. The molecule has 3 amide bonds. The lowest BCUT2D eigenvalue weighted by Gasteiger charge is -2.38. The van der Waals surface area contributed by atoms with E-state index in [0.717, 1.165) is 12.0 Å². The van der Waals surface area contributed by atoms with Crippen LogP contribution in [0.1, 0.15) is 30.7 Å². The summed E-state index contributed by atoms with van der Waals surface area (Å²) in [5.41, 5.74) is 1.39. The largest absolute Gasteiger partial charge is 0.341 e. The summed E-state index contributed by atoms with van der Waals surface area (Å²) >= 11 is 0. The molecule has 0 saturated carbocycles. The Bertz CT molecular complexity index is 856. The van der Waals surface area contributed by atoms with Gasteiger partial charge in [0.05, 0.1) is 12.3 Å². The number of aromatic nitrogens is 2. The number of urea groups is 1. The molecule has 0 spiro atoms. The van der Waals surface area contributed by atoms with Gasteiger partial charge in [0, 0.05) is 37.6 Å². The molecule has 8 nitrogen and oxygen atoms in total. The van der Waals surface area contributed by atoms with Gasteiger partial charge in [0.2, 0.25) is 5.91 Å². The molecule has 1 fully saturated rings. The van der Waals surface area contributed by atoms with E-state index >= 15 is 0 Å². The van der Waals surface area contributed by atoms with Crippen molar-refractivity contribution in [2.45, 2.75) is 25.7 Å². The highest BCUT2D eigenvalue weighted by Crippen LogP contribution is 2.24. The molecule has 3 N–H and O–H groups in total. The van der Waals surface area contributed by atoms with E-state index in [0.29, 0.717) is 37.6 Å². The van der Waals surface area contributed by atoms with Gasteiger partial charge in [-0.1, -0.05) is 19.1 Å². The first-order valence-electron chi connectivity index (χ1n) is 9.02. The summed E-state index contributed by atoms with van der Waals surface area (Å²) in [5, 5.41) is 5.49. The summed E-state index contributed by atoms with van der Waals surface area (Å²) < 4.78 is 0. The fourth-order valence-electron chi connectivity index (χ4n) is 2.85. The van der Waals surface area contributed by atoms with Crippen LogP contribution in [0.2, 0.25) is 0 Å². The summed E-state index contributed by atoms with van der Waals surface area (Å²) in [7, 11) is 0. The average molecular weight is 369 g/mol. The maximum atomic E-state index is 12.4. The van der Waals surface area contributed by atoms with Crippen LogP contribution in [0.4, 0.5) is 10.5 Å². The molecular formula is C19H23N5O3. The highest BCUT2D eigenvalue weighted by molar-refractivity contribution is 5.89. The standard InChI is InChI=1S/C19H23N5O3/c1-2-8-21-19(27)22-15-5-3-13(4-6-15)10-17(26)24-11-14(12-24)18-20-9-7-16(25)23-18/h3-7,9,14H,2,8,10-12H2,1H3,(H,20,23,25)(H2,21,22,27). The Hall–Kier alpha value is -3.16. The van der Waals surface area contributed by atoms with Gasteiger partial charge in [-0.15, -0.1) is 0 Å². The Morgan fingerprint density at radius 3 is 2.63 bits per heavy atom. The number of likely N-dealkylation sites (tertiary alicyclic amines) is 1. The average Bonchev–Trinajstić information content (AvgIpc) is 2.60. The van der Waals surface area contributed by atoms with E-state index in [-0.39, 0.29) is 23.4 Å². The van der Waals surface area contributed by atoms with Gasteiger partial charge >= 0.3 is 6.03 Å². The topological polar surface area (TPSA) is 107 Å². The molecular weight excluding hydrogens is 346 g/mol. The molecule has 142 valence electrons. The van der Waals surface area contributed by atoms with Crippen LogP contribution >= 0.6 is 0 Å². The van der Waals surface area contributed by atoms with E-state index in [9.17, 15) is 14.4 Å². The molecule has 1 aliphatic rings. The molecule has 1 saturated heterocycles. The number of H-pyrrole nitrogens is 1. The van der Waals surface area contributed by atoms with Crippen molar-refractivity contribution in [3.63, 3.8) is 0 Å². The molecule has 27 heavy (non-hydrogen) atoms. The highest BCUT2D eigenvalue weighted by atomic mass is 16.2. The van der Waals surface area contributed by atoms with E-state index in [1.165, 1.54) is 12.3 Å². The number of carbonyl (C=O) groups is 2. The van der Waals surface area contributed by atoms with Crippen molar-refractivity contribution in [1.29, 1.82) is 0 Å². The van der Waals surface area contributed by atoms with Crippen molar-refractivity contribution in [2.24, 2.45) is 0 Å².